The molecule has 0 saturated carbocycles. The molecule has 0 bridgehead atoms. The van der Waals surface area contributed by atoms with Crippen LogP contribution in [0, 0.1) is 5.82 Å². The second-order valence-corrected chi connectivity index (χ2v) is 4.84. The van der Waals surface area contributed by atoms with Crippen molar-refractivity contribution in [3.8, 4) is 10.6 Å². The van der Waals surface area contributed by atoms with Crippen molar-refractivity contribution in [3.63, 3.8) is 0 Å². The van der Waals surface area contributed by atoms with Gasteiger partial charge in [-0.3, -0.25) is 0 Å². The summed E-state index contributed by atoms with van der Waals surface area (Å²) >= 11 is 1.39. The molecule has 0 amide bonds. The SMILES string of the molecule is OC(c1ncc[nH]1)c1ccc(F)cc1-c1nccs1. The minimum Gasteiger partial charge on any atom is -0.380 e. The maximum atomic E-state index is 13.4. The molecule has 3 rings (SSSR count). The molecule has 1 unspecified atom stereocenters. The fourth-order valence-corrected chi connectivity index (χ4v) is 2.56. The van der Waals surface area contributed by atoms with E-state index in [4.69, 9.17) is 0 Å². The molecule has 4 nitrogen and oxygen atoms in total. The van der Waals surface area contributed by atoms with Crippen LogP contribution in [0.15, 0.2) is 42.2 Å². The molecule has 0 fully saturated rings. The molecule has 96 valence electrons. The third-order valence-corrected chi connectivity index (χ3v) is 3.56. The smallest absolute Gasteiger partial charge is 0.139 e. The fourth-order valence-electron chi connectivity index (χ4n) is 1.88. The molecule has 1 aromatic carbocycles. The van der Waals surface area contributed by atoms with Gasteiger partial charge in [0.1, 0.15) is 22.8 Å². The van der Waals surface area contributed by atoms with Gasteiger partial charge in [-0.25, -0.2) is 14.4 Å². The molecular formula is C13H10FN3OS. The van der Waals surface area contributed by atoms with E-state index in [1.54, 1.807) is 24.7 Å². The van der Waals surface area contributed by atoms with Crippen LogP contribution in [0.1, 0.15) is 17.5 Å². The minimum absolute atomic E-state index is 0.361. The quantitative estimate of drug-likeness (QED) is 0.772. The van der Waals surface area contributed by atoms with Crippen LogP contribution in [0.3, 0.4) is 0 Å². The van der Waals surface area contributed by atoms with Crippen LogP contribution < -0.4 is 0 Å². The standard InChI is InChI=1S/C13H10FN3OS/c14-8-1-2-9(11(18)12-15-3-4-16-12)10(7-8)13-17-5-6-19-13/h1-7,11,18H,(H,15,16). The van der Waals surface area contributed by atoms with E-state index in [1.165, 1.54) is 23.5 Å². The van der Waals surface area contributed by atoms with Crippen molar-refractivity contribution < 1.29 is 9.50 Å². The van der Waals surface area contributed by atoms with E-state index in [0.29, 0.717) is 22.0 Å². The van der Waals surface area contributed by atoms with Gasteiger partial charge < -0.3 is 10.1 Å². The number of thiazole rings is 1. The molecule has 0 aliphatic rings. The average molecular weight is 275 g/mol. The predicted octanol–water partition coefficient (Wildman–Crippen LogP) is 2.75. The summed E-state index contributed by atoms with van der Waals surface area (Å²) in [6.07, 6.45) is 3.90. The Morgan fingerprint density at radius 1 is 1.26 bits per heavy atom. The number of aliphatic hydroxyl groups excluding tert-OH is 1. The van der Waals surface area contributed by atoms with Gasteiger partial charge in [0, 0.05) is 29.5 Å². The molecule has 2 aromatic heterocycles. The highest BCUT2D eigenvalue weighted by molar-refractivity contribution is 7.13. The predicted molar refractivity (Wildman–Crippen MR) is 70.2 cm³/mol. The molecule has 0 aliphatic heterocycles. The highest BCUT2D eigenvalue weighted by Gasteiger charge is 2.19. The maximum Gasteiger partial charge on any atom is 0.139 e. The van der Waals surface area contributed by atoms with Gasteiger partial charge in [0.25, 0.3) is 0 Å². The van der Waals surface area contributed by atoms with Crippen LogP contribution in [0.2, 0.25) is 0 Å². The summed E-state index contributed by atoms with van der Waals surface area (Å²) in [4.78, 5) is 11.0. The summed E-state index contributed by atoms with van der Waals surface area (Å²) in [6, 6.07) is 4.25. The third-order valence-electron chi connectivity index (χ3n) is 2.75. The summed E-state index contributed by atoms with van der Waals surface area (Å²) in [5, 5.41) is 12.8. The van der Waals surface area contributed by atoms with E-state index >= 15 is 0 Å². The van der Waals surface area contributed by atoms with Gasteiger partial charge in [-0.2, -0.15) is 0 Å². The Morgan fingerprint density at radius 3 is 2.84 bits per heavy atom. The molecule has 0 aliphatic carbocycles. The summed E-state index contributed by atoms with van der Waals surface area (Å²) in [6.45, 7) is 0. The van der Waals surface area contributed by atoms with E-state index < -0.39 is 6.10 Å². The topological polar surface area (TPSA) is 61.8 Å². The van der Waals surface area contributed by atoms with Crippen LogP contribution in [0.5, 0.6) is 0 Å². The number of benzene rings is 1. The lowest BCUT2D eigenvalue weighted by Gasteiger charge is -2.12. The van der Waals surface area contributed by atoms with Gasteiger partial charge in [-0.15, -0.1) is 11.3 Å². The Morgan fingerprint density at radius 2 is 2.16 bits per heavy atom. The zero-order valence-electron chi connectivity index (χ0n) is 9.75. The molecule has 6 heteroatoms. The largest absolute Gasteiger partial charge is 0.380 e. The highest BCUT2D eigenvalue weighted by atomic mass is 32.1. The molecule has 2 N–H and O–H groups in total. The number of hydrogen-bond donors (Lipinski definition) is 2. The second-order valence-electron chi connectivity index (χ2n) is 3.95. The first-order valence-corrected chi connectivity index (χ1v) is 6.50. The first kappa shape index (κ1) is 12.0. The van der Waals surface area contributed by atoms with Crippen molar-refractivity contribution in [1.82, 2.24) is 15.0 Å². The maximum absolute atomic E-state index is 13.4. The van der Waals surface area contributed by atoms with E-state index in [9.17, 15) is 9.50 Å². The number of halogens is 1. The monoisotopic (exact) mass is 275 g/mol. The Bertz CT molecular complexity index is 667. The van der Waals surface area contributed by atoms with Crippen molar-refractivity contribution in [2.24, 2.45) is 0 Å². The van der Waals surface area contributed by atoms with Crippen molar-refractivity contribution in [3.05, 3.63) is 59.4 Å². The van der Waals surface area contributed by atoms with Gasteiger partial charge in [0.05, 0.1) is 0 Å². The number of aromatic amines is 1. The minimum atomic E-state index is -0.936. The number of imidazole rings is 1. The normalized spacial score (nSPS) is 12.5. The lowest BCUT2D eigenvalue weighted by atomic mass is 10.0. The van der Waals surface area contributed by atoms with Crippen LogP contribution in [-0.4, -0.2) is 20.1 Å². The summed E-state index contributed by atoms with van der Waals surface area (Å²) in [5.41, 5.74) is 1.16. The first-order chi connectivity index (χ1) is 9.25. The van der Waals surface area contributed by atoms with Gasteiger partial charge in [0.15, 0.2) is 0 Å². The van der Waals surface area contributed by atoms with Crippen molar-refractivity contribution >= 4 is 11.3 Å². The zero-order valence-corrected chi connectivity index (χ0v) is 10.6. The van der Waals surface area contributed by atoms with Crippen LogP contribution >= 0.6 is 11.3 Å². The van der Waals surface area contributed by atoms with Crippen molar-refractivity contribution in [1.29, 1.82) is 0 Å². The van der Waals surface area contributed by atoms with Crippen LogP contribution in [0.4, 0.5) is 4.39 Å². The zero-order chi connectivity index (χ0) is 13.2. The van der Waals surface area contributed by atoms with Crippen LogP contribution in [-0.2, 0) is 0 Å². The molecular weight excluding hydrogens is 265 g/mol. The molecule has 0 saturated heterocycles. The molecule has 1 atom stereocenters. The second kappa shape index (κ2) is 4.91. The average Bonchev–Trinajstić information content (AvgIpc) is 3.11. The van der Waals surface area contributed by atoms with E-state index in [1.807, 2.05) is 5.38 Å². The number of H-pyrrole nitrogens is 1. The number of hydrogen-bond acceptors (Lipinski definition) is 4. The van der Waals surface area contributed by atoms with E-state index in [2.05, 4.69) is 15.0 Å². The van der Waals surface area contributed by atoms with Gasteiger partial charge in [-0.1, -0.05) is 6.07 Å². The number of aromatic nitrogens is 3. The highest BCUT2D eigenvalue weighted by Crippen LogP contribution is 2.32. The summed E-state index contributed by atoms with van der Waals surface area (Å²) in [7, 11) is 0. The first-order valence-electron chi connectivity index (χ1n) is 5.62. The van der Waals surface area contributed by atoms with Gasteiger partial charge in [0.2, 0.25) is 0 Å². The molecule has 3 aromatic rings. The molecule has 19 heavy (non-hydrogen) atoms. The molecule has 0 spiro atoms. The van der Waals surface area contributed by atoms with Crippen molar-refractivity contribution in [2.45, 2.75) is 6.10 Å². The number of nitrogens with one attached hydrogen (secondary N) is 1. The molecule has 2 heterocycles. The lowest BCUT2D eigenvalue weighted by molar-refractivity contribution is 0.211. The summed E-state index contributed by atoms with van der Waals surface area (Å²) < 4.78 is 13.4. The Labute approximate surface area is 112 Å². The van der Waals surface area contributed by atoms with Gasteiger partial charge in [-0.05, 0) is 17.7 Å². The Hall–Kier alpha value is -2.05. The molecule has 0 radical (unpaired) electrons. The number of aliphatic hydroxyl groups is 1. The van der Waals surface area contributed by atoms with E-state index in [0.717, 1.165) is 0 Å². The Balaban J connectivity index is 2.11. The van der Waals surface area contributed by atoms with Crippen molar-refractivity contribution in [2.75, 3.05) is 0 Å². The Kier molecular flexibility index (Phi) is 3.10. The van der Waals surface area contributed by atoms with Gasteiger partial charge >= 0.3 is 0 Å². The number of rotatable bonds is 3. The fraction of sp³-hybridized carbons (Fsp3) is 0.0769. The summed E-state index contributed by atoms with van der Waals surface area (Å²) in [5.74, 6) is 0.0602. The van der Waals surface area contributed by atoms with E-state index in [-0.39, 0.29) is 5.82 Å². The third kappa shape index (κ3) is 2.27. The lowest BCUT2D eigenvalue weighted by Crippen LogP contribution is -2.04. The number of nitrogens with zero attached hydrogens (tertiary/aromatic N) is 2. The van der Waals surface area contributed by atoms with Crippen LogP contribution in [0.25, 0.3) is 10.6 Å².